The van der Waals surface area contributed by atoms with Crippen molar-refractivity contribution in [3.8, 4) is 0 Å². The van der Waals surface area contributed by atoms with Gasteiger partial charge in [0.2, 0.25) is 0 Å². The lowest BCUT2D eigenvalue weighted by molar-refractivity contribution is -0.145. The molecule has 76 valence electrons. The van der Waals surface area contributed by atoms with E-state index in [9.17, 15) is 5.11 Å². The predicted molar refractivity (Wildman–Crippen MR) is 45.5 cm³/mol. The number of aliphatic hydroxyl groups is 1. The molecule has 1 heterocycles. The largest absolute Gasteiger partial charge is 0.390 e. The molecule has 0 aromatic heterocycles. The van der Waals surface area contributed by atoms with Gasteiger partial charge in [-0.15, -0.1) is 0 Å². The first-order chi connectivity index (χ1) is 6.23. The monoisotopic (exact) mass is 188 g/mol. The third kappa shape index (κ3) is 1.38. The molecule has 2 aliphatic rings. The molecule has 13 heavy (non-hydrogen) atoms. The van der Waals surface area contributed by atoms with Gasteiger partial charge in [0.15, 0.2) is 0 Å². The third-order valence-electron chi connectivity index (χ3n) is 3.10. The smallest absolute Gasteiger partial charge is 0.120 e. The molecular weight excluding hydrogens is 172 g/mol. The maximum atomic E-state index is 9.67. The molecule has 1 saturated heterocycles. The van der Waals surface area contributed by atoms with Gasteiger partial charge in [-0.3, -0.25) is 0 Å². The Hall–Kier alpha value is -0.160. The number of hydrogen-bond donors (Lipinski definition) is 1. The molecule has 2 rings (SSSR count). The van der Waals surface area contributed by atoms with Gasteiger partial charge in [0.25, 0.3) is 0 Å². The Bertz CT molecular complexity index is 190. The zero-order valence-corrected chi connectivity index (χ0v) is 8.03. The highest BCUT2D eigenvalue weighted by molar-refractivity contribution is 5.08. The van der Waals surface area contributed by atoms with E-state index in [-0.39, 0.29) is 17.8 Å². The van der Waals surface area contributed by atoms with Crippen LogP contribution in [0, 0.1) is 0 Å². The quantitative estimate of drug-likeness (QED) is 0.617. The van der Waals surface area contributed by atoms with Gasteiger partial charge in [-0.25, -0.2) is 0 Å². The molecule has 2 fully saturated rings. The zero-order valence-electron chi connectivity index (χ0n) is 8.03. The minimum Gasteiger partial charge on any atom is -0.390 e. The Morgan fingerprint density at radius 1 is 1.38 bits per heavy atom. The summed E-state index contributed by atoms with van der Waals surface area (Å²) in [6.07, 6.45) is 0.803. The summed E-state index contributed by atoms with van der Waals surface area (Å²) < 4.78 is 16.0. The van der Waals surface area contributed by atoms with Gasteiger partial charge < -0.3 is 19.3 Å². The summed E-state index contributed by atoms with van der Waals surface area (Å²) in [7, 11) is 3.24. The Morgan fingerprint density at radius 2 is 2.08 bits per heavy atom. The van der Waals surface area contributed by atoms with Crippen molar-refractivity contribution in [3.63, 3.8) is 0 Å². The zero-order chi connectivity index (χ0) is 9.47. The highest BCUT2D eigenvalue weighted by atomic mass is 16.6. The molecule has 1 aliphatic carbocycles. The van der Waals surface area contributed by atoms with Crippen molar-refractivity contribution in [2.24, 2.45) is 0 Å². The van der Waals surface area contributed by atoms with E-state index in [0.717, 1.165) is 19.4 Å². The van der Waals surface area contributed by atoms with Gasteiger partial charge in [-0.05, 0) is 12.8 Å². The summed E-state index contributed by atoms with van der Waals surface area (Å²) in [5.41, 5.74) is -0.158. The van der Waals surface area contributed by atoms with Crippen molar-refractivity contribution in [2.75, 3.05) is 20.8 Å². The van der Waals surface area contributed by atoms with Crippen molar-refractivity contribution in [3.05, 3.63) is 0 Å². The lowest BCUT2D eigenvalue weighted by atomic mass is 9.82. The van der Waals surface area contributed by atoms with Crippen LogP contribution in [0.25, 0.3) is 0 Å². The van der Waals surface area contributed by atoms with Crippen LogP contribution in [0.3, 0.4) is 0 Å². The van der Waals surface area contributed by atoms with Crippen LogP contribution < -0.4 is 0 Å². The molecule has 0 radical (unpaired) electrons. The van der Waals surface area contributed by atoms with Gasteiger partial charge >= 0.3 is 0 Å². The van der Waals surface area contributed by atoms with E-state index in [1.54, 1.807) is 14.2 Å². The van der Waals surface area contributed by atoms with Crippen molar-refractivity contribution >= 4 is 0 Å². The van der Waals surface area contributed by atoms with Gasteiger partial charge in [0.05, 0.1) is 12.7 Å². The highest BCUT2D eigenvalue weighted by Gasteiger charge is 2.59. The fraction of sp³-hybridized carbons (Fsp3) is 1.00. The van der Waals surface area contributed by atoms with Crippen LogP contribution in [0.2, 0.25) is 0 Å². The van der Waals surface area contributed by atoms with E-state index >= 15 is 0 Å². The average molecular weight is 188 g/mol. The van der Waals surface area contributed by atoms with Crippen molar-refractivity contribution in [2.45, 2.75) is 36.8 Å². The lowest BCUT2D eigenvalue weighted by Crippen LogP contribution is -2.53. The van der Waals surface area contributed by atoms with Crippen LogP contribution in [0.5, 0.6) is 0 Å². The van der Waals surface area contributed by atoms with Gasteiger partial charge in [0.1, 0.15) is 17.8 Å². The van der Waals surface area contributed by atoms with Gasteiger partial charge in [-0.1, -0.05) is 0 Å². The first kappa shape index (κ1) is 9.40. The first-order valence-electron chi connectivity index (χ1n) is 4.61. The Morgan fingerprint density at radius 3 is 2.54 bits per heavy atom. The maximum Gasteiger partial charge on any atom is 0.120 e. The summed E-state index contributed by atoms with van der Waals surface area (Å²) in [4.78, 5) is 0. The lowest BCUT2D eigenvalue weighted by Gasteiger charge is -2.37. The SMILES string of the molecule is COC1C(O)CCC2(CO2)C1OC. The summed E-state index contributed by atoms with van der Waals surface area (Å²) in [6.45, 7) is 0.734. The van der Waals surface area contributed by atoms with Crippen LogP contribution in [0.1, 0.15) is 12.8 Å². The second-order valence-corrected chi connectivity index (χ2v) is 3.82. The first-order valence-corrected chi connectivity index (χ1v) is 4.61. The van der Waals surface area contributed by atoms with E-state index in [1.807, 2.05) is 0 Å². The summed E-state index contributed by atoms with van der Waals surface area (Å²) >= 11 is 0. The molecule has 0 aromatic carbocycles. The number of hydrogen-bond acceptors (Lipinski definition) is 4. The van der Waals surface area contributed by atoms with Crippen molar-refractivity contribution < 1.29 is 19.3 Å². The van der Waals surface area contributed by atoms with E-state index < -0.39 is 6.10 Å². The second kappa shape index (κ2) is 3.20. The normalized spacial score (nSPS) is 49.6. The Kier molecular flexibility index (Phi) is 2.32. The standard InChI is InChI=1S/C9H16O4/c1-11-7-6(10)3-4-9(5-13-9)8(7)12-2/h6-8,10H,3-5H2,1-2H3. The molecule has 1 aliphatic heterocycles. The van der Waals surface area contributed by atoms with Crippen molar-refractivity contribution in [1.29, 1.82) is 0 Å². The average Bonchev–Trinajstić information content (AvgIpc) is 2.90. The third-order valence-corrected chi connectivity index (χ3v) is 3.10. The topological polar surface area (TPSA) is 51.2 Å². The fourth-order valence-electron chi connectivity index (χ4n) is 2.23. The Labute approximate surface area is 77.8 Å². The van der Waals surface area contributed by atoms with Gasteiger partial charge in [0, 0.05) is 14.2 Å². The molecule has 1 N–H and O–H groups in total. The number of methoxy groups -OCH3 is 2. The molecule has 1 spiro atoms. The molecule has 0 aromatic rings. The molecule has 0 amide bonds. The molecule has 4 atom stereocenters. The van der Waals surface area contributed by atoms with Gasteiger partial charge in [-0.2, -0.15) is 0 Å². The molecule has 4 unspecified atom stereocenters. The second-order valence-electron chi connectivity index (χ2n) is 3.82. The molecular formula is C9H16O4. The number of ether oxygens (including phenoxy) is 3. The summed E-state index contributed by atoms with van der Waals surface area (Å²) in [5.74, 6) is 0. The van der Waals surface area contributed by atoms with Crippen LogP contribution in [-0.2, 0) is 14.2 Å². The van der Waals surface area contributed by atoms with E-state index in [1.165, 1.54) is 0 Å². The molecule has 1 saturated carbocycles. The Balaban J connectivity index is 2.12. The van der Waals surface area contributed by atoms with Crippen LogP contribution in [-0.4, -0.2) is 49.8 Å². The molecule has 0 bridgehead atoms. The minimum atomic E-state index is -0.426. The van der Waals surface area contributed by atoms with Crippen molar-refractivity contribution in [1.82, 2.24) is 0 Å². The number of aliphatic hydroxyl groups excluding tert-OH is 1. The van der Waals surface area contributed by atoms with Crippen LogP contribution >= 0.6 is 0 Å². The predicted octanol–water partition coefficient (Wildman–Crippen LogP) is -0.0599. The summed E-state index contributed by atoms with van der Waals surface area (Å²) in [5, 5.41) is 9.67. The minimum absolute atomic E-state index is 0.124. The fourth-order valence-corrected chi connectivity index (χ4v) is 2.23. The van der Waals surface area contributed by atoms with Crippen LogP contribution in [0.4, 0.5) is 0 Å². The number of rotatable bonds is 2. The molecule has 4 heteroatoms. The summed E-state index contributed by atoms with van der Waals surface area (Å²) in [6, 6.07) is 0. The number of epoxide rings is 1. The van der Waals surface area contributed by atoms with Crippen LogP contribution in [0.15, 0.2) is 0 Å². The van der Waals surface area contributed by atoms with E-state index in [4.69, 9.17) is 14.2 Å². The van der Waals surface area contributed by atoms with E-state index in [0.29, 0.717) is 0 Å². The maximum absolute atomic E-state index is 9.67. The van der Waals surface area contributed by atoms with E-state index in [2.05, 4.69) is 0 Å². The highest BCUT2D eigenvalue weighted by Crippen LogP contribution is 2.44. The molecule has 4 nitrogen and oxygen atoms in total.